The van der Waals surface area contributed by atoms with Crippen molar-refractivity contribution in [3.8, 4) is 12.3 Å². The van der Waals surface area contributed by atoms with Crippen LogP contribution >= 0.6 is 22.6 Å². The number of nitrogens with one attached hydrogen (secondary N) is 3. The minimum absolute atomic E-state index is 0.00191. The molecular formula is C27H29FIN3. The van der Waals surface area contributed by atoms with Crippen molar-refractivity contribution >= 4 is 39.7 Å². The maximum absolute atomic E-state index is 13.6. The van der Waals surface area contributed by atoms with Gasteiger partial charge in [0.2, 0.25) is 0 Å². The van der Waals surface area contributed by atoms with Crippen LogP contribution in [-0.4, -0.2) is 5.71 Å². The van der Waals surface area contributed by atoms with Crippen LogP contribution in [0.1, 0.15) is 56.7 Å². The SMILES string of the molecule is C#Cc1cc(F)ccc1Nc1cccc(C2CC(=N)C(C3CC(C)(C)C3)CC(=C)N2)c1I. The van der Waals surface area contributed by atoms with Gasteiger partial charge in [0.25, 0.3) is 0 Å². The summed E-state index contributed by atoms with van der Waals surface area (Å²) >= 11 is 2.34. The minimum atomic E-state index is -0.351. The van der Waals surface area contributed by atoms with E-state index < -0.39 is 0 Å². The van der Waals surface area contributed by atoms with Gasteiger partial charge in [-0.15, -0.1) is 6.42 Å². The highest BCUT2D eigenvalue weighted by atomic mass is 127. The fourth-order valence-corrected chi connectivity index (χ4v) is 6.08. The second-order valence-electron chi connectivity index (χ2n) is 9.84. The summed E-state index contributed by atoms with van der Waals surface area (Å²) in [5.41, 5.74) is 5.45. The van der Waals surface area contributed by atoms with Gasteiger partial charge in [0.05, 0.1) is 23.0 Å². The first-order chi connectivity index (χ1) is 15.2. The van der Waals surface area contributed by atoms with E-state index in [1.807, 2.05) is 12.1 Å². The van der Waals surface area contributed by atoms with Crippen LogP contribution in [0, 0.1) is 44.4 Å². The zero-order valence-corrected chi connectivity index (χ0v) is 20.7. The molecule has 1 heterocycles. The van der Waals surface area contributed by atoms with Crippen molar-refractivity contribution in [2.24, 2.45) is 17.3 Å². The van der Waals surface area contributed by atoms with Crippen molar-refractivity contribution in [2.75, 3.05) is 5.32 Å². The summed E-state index contributed by atoms with van der Waals surface area (Å²) in [7, 11) is 0. The topological polar surface area (TPSA) is 47.9 Å². The lowest BCUT2D eigenvalue weighted by Crippen LogP contribution is -2.39. The predicted octanol–water partition coefficient (Wildman–Crippen LogP) is 7.17. The maximum Gasteiger partial charge on any atom is 0.124 e. The molecule has 3 nitrogen and oxygen atoms in total. The molecular weight excluding hydrogens is 512 g/mol. The minimum Gasteiger partial charge on any atom is -0.382 e. The van der Waals surface area contributed by atoms with Gasteiger partial charge in [-0.25, -0.2) is 4.39 Å². The molecule has 2 fully saturated rings. The average molecular weight is 541 g/mol. The standard InChI is InChI=1S/C27H29FIN3/c1-5-17-12-19(28)9-10-23(17)32-24-8-6-7-20(26(24)29)25-13-22(30)21(11-16(2)31-25)18-14-27(3,4)15-18/h1,6-10,12,18,21,25,30-32H,2,11,13-15H2,3-4H3. The molecule has 2 aliphatic rings. The molecule has 0 radical (unpaired) electrons. The lowest BCUT2D eigenvalue weighted by molar-refractivity contribution is 0.0702. The van der Waals surface area contributed by atoms with E-state index in [2.05, 4.69) is 65.6 Å². The fraction of sp³-hybridized carbons (Fsp3) is 0.370. The average Bonchev–Trinajstić information content (AvgIpc) is 2.86. The number of benzene rings is 2. The summed E-state index contributed by atoms with van der Waals surface area (Å²) < 4.78 is 14.6. The Bertz CT molecular complexity index is 1110. The van der Waals surface area contributed by atoms with Gasteiger partial charge in [-0.1, -0.05) is 38.5 Å². The fourth-order valence-electron chi connectivity index (χ4n) is 5.20. The van der Waals surface area contributed by atoms with Crippen LogP contribution in [0.4, 0.5) is 15.8 Å². The van der Waals surface area contributed by atoms with Gasteiger partial charge in [-0.2, -0.15) is 0 Å². The van der Waals surface area contributed by atoms with E-state index in [0.29, 0.717) is 29.0 Å². The van der Waals surface area contributed by atoms with Gasteiger partial charge in [0.1, 0.15) is 5.82 Å². The van der Waals surface area contributed by atoms with Crippen molar-refractivity contribution in [1.82, 2.24) is 5.32 Å². The molecule has 0 aromatic heterocycles. The third-order valence-corrected chi connectivity index (χ3v) is 7.93. The summed E-state index contributed by atoms with van der Waals surface area (Å²) in [6.45, 7) is 8.90. The molecule has 2 aromatic rings. The van der Waals surface area contributed by atoms with E-state index >= 15 is 0 Å². The van der Waals surface area contributed by atoms with Crippen molar-refractivity contribution in [3.63, 3.8) is 0 Å². The van der Waals surface area contributed by atoms with E-state index in [1.165, 1.54) is 25.0 Å². The number of terminal acetylenes is 1. The van der Waals surface area contributed by atoms with Crippen LogP contribution in [-0.2, 0) is 0 Å². The van der Waals surface area contributed by atoms with Crippen molar-refractivity contribution in [1.29, 1.82) is 5.41 Å². The molecule has 1 aliphatic carbocycles. The van der Waals surface area contributed by atoms with E-state index in [-0.39, 0.29) is 17.8 Å². The van der Waals surface area contributed by atoms with Crippen molar-refractivity contribution in [2.45, 2.75) is 45.6 Å². The molecule has 0 amide bonds. The Labute approximate surface area is 203 Å². The summed E-state index contributed by atoms with van der Waals surface area (Å²) in [5, 5.41) is 15.8. The molecule has 166 valence electrons. The number of hydrogen-bond donors (Lipinski definition) is 3. The molecule has 5 heteroatoms. The first-order valence-corrected chi connectivity index (χ1v) is 12.1. The molecule has 4 rings (SSSR count). The Balaban J connectivity index is 1.57. The smallest absolute Gasteiger partial charge is 0.124 e. The van der Waals surface area contributed by atoms with E-state index in [0.717, 1.165) is 32.7 Å². The molecule has 0 bridgehead atoms. The summed E-state index contributed by atoms with van der Waals surface area (Å²) in [6, 6.07) is 10.5. The van der Waals surface area contributed by atoms with Crippen LogP contribution in [0.5, 0.6) is 0 Å². The molecule has 2 unspecified atom stereocenters. The first-order valence-electron chi connectivity index (χ1n) is 11.0. The van der Waals surface area contributed by atoms with Gasteiger partial charge in [-0.3, -0.25) is 0 Å². The predicted molar refractivity (Wildman–Crippen MR) is 139 cm³/mol. The molecule has 32 heavy (non-hydrogen) atoms. The number of hydrogen-bond acceptors (Lipinski definition) is 3. The quantitative estimate of drug-likeness (QED) is 0.284. The summed E-state index contributed by atoms with van der Waals surface area (Å²) in [5.74, 6) is 3.07. The monoisotopic (exact) mass is 541 g/mol. The number of halogens is 2. The molecule has 2 atom stereocenters. The van der Waals surface area contributed by atoms with Crippen LogP contribution < -0.4 is 10.6 Å². The second-order valence-corrected chi connectivity index (χ2v) is 10.9. The molecule has 1 saturated carbocycles. The summed E-state index contributed by atoms with van der Waals surface area (Å²) in [4.78, 5) is 0. The number of anilines is 2. The highest BCUT2D eigenvalue weighted by Gasteiger charge is 2.43. The Morgan fingerprint density at radius 2 is 1.97 bits per heavy atom. The van der Waals surface area contributed by atoms with Gasteiger partial charge in [0, 0.05) is 27.3 Å². The zero-order chi connectivity index (χ0) is 23.0. The summed E-state index contributed by atoms with van der Waals surface area (Å²) in [6.07, 6.45) is 9.46. The van der Waals surface area contributed by atoms with Crippen LogP contribution in [0.2, 0.25) is 0 Å². The normalized spacial score (nSPS) is 23.0. The van der Waals surface area contributed by atoms with E-state index in [1.54, 1.807) is 6.07 Å². The van der Waals surface area contributed by atoms with Crippen LogP contribution in [0.15, 0.2) is 48.7 Å². The second kappa shape index (κ2) is 8.90. The Kier molecular flexibility index (Phi) is 6.35. The highest BCUT2D eigenvalue weighted by Crippen LogP contribution is 2.51. The third kappa shape index (κ3) is 4.71. The van der Waals surface area contributed by atoms with Gasteiger partial charge in [0.15, 0.2) is 0 Å². The number of rotatable bonds is 4. The van der Waals surface area contributed by atoms with E-state index in [9.17, 15) is 4.39 Å². The van der Waals surface area contributed by atoms with Gasteiger partial charge in [-0.05, 0) is 83.0 Å². The van der Waals surface area contributed by atoms with Crippen molar-refractivity contribution in [3.05, 3.63) is 69.2 Å². The third-order valence-electron chi connectivity index (χ3n) is 6.73. The van der Waals surface area contributed by atoms with Gasteiger partial charge < -0.3 is 16.0 Å². The highest BCUT2D eigenvalue weighted by molar-refractivity contribution is 14.1. The zero-order valence-electron chi connectivity index (χ0n) is 18.6. The first kappa shape index (κ1) is 22.8. The molecule has 0 spiro atoms. The lowest BCUT2D eigenvalue weighted by atomic mass is 9.58. The Hall–Kier alpha value is -2.33. The maximum atomic E-state index is 13.6. The van der Waals surface area contributed by atoms with Gasteiger partial charge >= 0.3 is 0 Å². The Morgan fingerprint density at radius 1 is 1.22 bits per heavy atom. The number of allylic oxidation sites excluding steroid dienone is 1. The Morgan fingerprint density at radius 3 is 2.66 bits per heavy atom. The van der Waals surface area contributed by atoms with Crippen molar-refractivity contribution < 1.29 is 4.39 Å². The van der Waals surface area contributed by atoms with E-state index in [4.69, 9.17) is 11.8 Å². The molecule has 3 N–H and O–H groups in total. The molecule has 2 aromatic carbocycles. The van der Waals surface area contributed by atoms with Crippen LogP contribution in [0.3, 0.4) is 0 Å². The largest absolute Gasteiger partial charge is 0.382 e. The molecule has 1 aliphatic heterocycles. The lowest BCUT2D eigenvalue weighted by Gasteiger charge is -2.46. The molecule has 1 saturated heterocycles. The van der Waals surface area contributed by atoms with Crippen LogP contribution in [0.25, 0.3) is 0 Å².